The molecular formula is C20H14BrFN2O3S. The standard InChI is InChI=1S/C20H14BrFN2O3S/c21-13-9-10-17(16(22)11-13)23-20(25)12-24-18-7-3-1-5-14(18)15-6-2-4-8-19(15)28(24,26)27/h1-11H,12H2,(H,23,25). The number of carbonyl (C=O) groups excluding carboxylic acids is 1. The average Bonchev–Trinajstić information content (AvgIpc) is 2.67. The summed E-state index contributed by atoms with van der Waals surface area (Å²) < 4.78 is 41.9. The van der Waals surface area contributed by atoms with E-state index in [0.717, 1.165) is 9.87 Å². The summed E-state index contributed by atoms with van der Waals surface area (Å²) in [7, 11) is -3.93. The molecule has 0 fully saturated rings. The lowest BCUT2D eigenvalue weighted by molar-refractivity contribution is -0.114. The smallest absolute Gasteiger partial charge is 0.265 e. The van der Waals surface area contributed by atoms with E-state index in [4.69, 9.17) is 0 Å². The second-order valence-electron chi connectivity index (χ2n) is 6.20. The molecule has 0 spiro atoms. The number of fused-ring (bicyclic) bond motifs is 3. The first kappa shape index (κ1) is 18.6. The van der Waals surface area contributed by atoms with Crippen molar-refractivity contribution in [2.45, 2.75) is 4.90 Å². The molecule has 28 heavy (non-hydrogen) atoms. The number of carbonyl (C=O) groups is 1. The summed E-state index contributed by atoms with van der Waals surface area (Å²) in [5, 5.41) is 2.44. The van der Waals surface area contributed by atoms with E-state index in [0.29, 0.717) is 15.7 Å². The molecule has 0 radical (unpaired) electrons. The predicted octanol–water partition coefficient (Wildman–Crippen LogP) is 4.40. The van der Waals surface area contributed by atoms with Crippen LogP contribution in [0, 0.1) is 5.82 Å². The Hall–Kier alpha value is -2.71. The van der Waals surface area contributed by atoms with Gasteiger partial charge in [-0.25, -0.2) is 12.8 Å². The molecule has 1 N–H and O–H groups in total. The van der Waals surface area contributed by atoms with Gasteiger partial charge in [0.2, 0.25) is 5.91 Å². The van der Waals surface area contributed by atoms with Gasteiger partial charge < -0.3 is 5.32 Å². The van der Waals surface area contributed by atoms with Crippen LogP contribution in [-0.2, 0) is 14.8 Å². The molecule has 0 saturated heterocycles. The molecule has 8 heteroatoms. The minimum Gasteiger partial charge on any atom is -0.322 e. The van der Waals surface area contributed by atoms with Gasteiger partial charge in [-0.2, -0.15) is 0 Å². The second kappa shape index (κ2) is 7.03. The molecule has 142 valence electrons. The summed E-state index contributed by atoms with van der Waals surface area (Å²) >= 11 is 3.15. The highest BCUT2D eigenvalue weighted by Crippen LogP contribution is 2.42. The van der Waals surface area contributed by atoms with E-state index >= 15 is 0 Å². The number of halogens is 2. The van der Waals surface area contributed by atoms with Gasteiger partial charge in [0.1, 0.15) is 12.4 Å². The van der Waals surface area contributed by atoms with E-state index in [-0.39, 0.29) is 10.6 Å². The van der Waals surface area contributed by atoms with Crippen LogP contribution in [0.2, 0.25) is 0 Å². The summed E-state index contributed by atoms with van der Waals surface area (Å²) in [6.45, 7) is -0.469. The third kappa shape index (κ3) is 3.18. The van der Waals surface area contributed by atoms with Crippen molar-refractivity contribution in [1.29, 1.82) is 0 Å². The first-order valence-electron chi connectivity index (χ1n) is 8.34. The highest BCUT2D eigenvalue weighted by atomic mass is 79.9. The van der Waals surface area contributed by atoms with Gasteiger partial charge in [-0.05, 0) is 30.3 Å². The monoisotopic (exact) mass is 460 g/mol. The molecule has 3 aromatic rings. The van der Waals surface area contributed by atoms with Gasteiger partial charge in [-0.15, -0.1) is 0 Å². The lowest BCUT2D eigenvalue weighted by Crippen LogP contribution is -2.40. The number of hydrogen-bond acceptors (Lipinski definition) is 3. The van der Waals surface area contributed by atoms with Crippen molar-refractivity contribution >= 4 is 43.2 Å². The fourth-order valence-electron chi connectivity index (χ4n) is 3.16. The third-order valence-corrected chi connectivity index (χ3v) is 6.72. The minimum absolute atomic E-state index is 0.0173. The highest BCUT2D eigenvalue weighted by Gasteiger charge is 2.35. The van der Waals surface area contributed by atoms with Crippen molar-refractivity contribution in [3.05, 3.63) is 77.0 Å². The maximum Gasteiger partial charge on any atom is 0.265 e. The van der Waals surface area contributed by atoms with E-state index in [2.05, 4.69) is 21.2 Å². The molecule has 0 aliphatic carbocycles. The number of hydrogen-bond donors (Lipinski definition) is 1. The fourth-order valence-corrected chi connectivity index (χ4v) is 5.14. The molecule has 4 rings (SSSR count). The predicted molar refractivity (Wildman–Crippen MR) is 109 cm³/mol. The van der Waals surface area contributed by atoms with Crippen molar-refractivity contribution in [2.75, 3.05) is 16.2 Å². The van der Waals surface area contributed by atoms with Crippen LogP contribution in [0.15, 0.2) is 76.1 Å². The van der Waals surface area contributed by atoms with Crippen LogP contribution in [0.5, 0.6) is 0 Å². The van der Waals surface area contributed by atoms with E-state index in [1.54, 1.807) is 36.4 Å². The maximum atomic E-state index is 14.0. The highest BCUT2D eigenvalue weighted by molar-refractivity contribution is 9.10. The summed E-state index contributed by atoms with van der Waals surface area (Å²) in [4.78, 5) is 12.7. The number of amides is 1. The lowest BCUT2D eigenvalue weighted by atomic mass is 10.0. The molecule has 3 aromatic carbocycles. The molecule has 0 atom stereocenters. The van der Waals surface area contributed by atoms with Gasteiger partial charge in [0.05, 0.1) is 16.3 Å². The molecule has 0 bridgehead atoms. The molecule has 0 aromatic heterocycles. The van der Waals surface area contributed by atoms with Crippen molar-refractivity contribution < 1.29 is 17.6 Å². The third-order valence-electron chi connectivity index (χ3n) is 4.41. The van der Waals surface area contributed by atoms with Crippen LogP contribution < -0.4 is 9.62 Å². The normalized spacial score (nSPS) is 14.1. The number of nitrogens with zero attached hydrogens (tertiary/aromatic N) is 1. The van der Waals surface area contributed by atoms with Crippen LogP contribution in [-0.4, -0.2) is 20.9 Å². The van der Waals surface area contributed by atoms with Crippen LogP contribution in [0.3, 0.4) is 0 Å². The Morgan fingerprint density at radius 3 is 2.43 bits per heavy atom. The van der Waals surface area contributed by atoms with Gasteiger partial charge in [-0.3, -0.25) is 9.10 Å². The first-order chi connectivity index (χ1) is 13.4. The number of benzene rings is 3. The molecule has 0 unspecified atom stereocenters. The zero-order valence-corrected chi connectivity index (χ0v) is 16.8. The Labute approximate surface area is 170 Å². The number of anilines is 2. The van der Waals surface area contributed by atoms with Crippen LogP contribution in [0.4, 0.5) is 15.8 Å². The quantitative estimate of drug-likeness (QED) is 0.629. The summed E-state index contributed by atoms with van der Waals surface area (Å²) in [6, 6.07) is 17.8. The van der Waals surface area contributed by atoms with E-state index in [9.17, 15) is 17.6 Å². The van der Waals surface area contributed by atoms with Crippen molar-refractivity contribution in [3.8, 4) is 11.1 Å². The zero-order chi connectivity index (χ0) is 19.9. The van der Waals surface area contributed by atoms with E-state index in [1.807, 2.05) is 12.1 Å². The molecule has 1 heterocycles. The van der Waals surface area contributed by atoms with Gasteiger partial charge in [0.15, 0.2) is 0 Å². The minimum atomic E-state index is -3.93. The van der Waals surface area contributed by atoms with Gasteiger partial charge in [-0.1, -0.05) is 52.3 Å². The summed E-state index contributed by atoms with van der Waals surface area (Å²) in [5.41, 5.74) is 1.70. The molecule has 0 saturated carbocycles. The molecule has 1 aliphatic heterocycles. The zero-order valence-electron chi connectivity index (χ0n) is 14.4. The number of sulfonamides is 1. The average molecular weight is 461 g/mol. The number of nitrogens with one attached hydrogen (secondary N) is 1. The Morgan fingerprint density at radius 1 is 1.00 bits per heavy atom. The SMILES string of the molecule is O=C(CN1c2ccccc2-c2ccccc2S1(=O)=O)Nc1ccc(Br)cc1F. The Balaban J connectivity index is 1.70. The van der Waals surface area contributed by atoms with E-state index in [1.165, 1.54) is 18.2 Å². The molecule has 1 amide bonds. The Kier molecular flexibility index (Phi) is 4.68. The largest absolute Gasteiger partial charge is 0.322 e. The van der Waals surface area contributed by atoms with Crippen molar-refractivity contribution in [2.24, 2.45) is 0 Å². The maximum absolute atomic E-state index is 14.0. The Morgan fingerprint density at radius 2 is 1.68 bits per heavy atom. The molecule has 5 nitrogen and oxygen atoms in total. The molecule has 1 aliphatic rings. The van der Waals surface area contributed by atoms with Crippen molar-refractivity contribution in [1.82, 2.24) is 0 Å². The fraction of sp³-hybridized carbons (Fsp3) is 0.0500. The van der Waals surface area contributed by atoms with Crippen LogP contribution in [0.25, 0.3) is 11.1 Å². The van der Waals surface area contributed by atoms with Gasteiger partial charge in [0, 0.05) is 15.6 Å². The van der Waals surface area contributed by atoms with Crippen LogP contribution >= 0.6 is 15.9 Å². The second-order valence-corrected chi connectivity index (χ2v) is 8.94. The molecular weight excluding hydrogens is 447 g/mol. The first-order valence-corrected chi connectivity index (χ1v) is 10.6. The topological polar surface area (TPSA) is 66.5 Å². The number of rotatable bonds is 3. The van der Waals surface area contributed by atoms with Gasteiger partial charge >= 0.3 is 0 Å². The summed E-state index contributed by atoms with van der Waals surface area (Å²) in [6.07, 6.45) is 0. The lowest BCUT2D eigenvalue weighted by Gasteiger charge is -2.31. The van der Waals surface area contributed by atoms with E-state index < -0.39 is 28.3 Å². The summed E-state index contributed by atoms with van der Waals surface area (Å²) in [5.74, 6) is -1.26. The Bertz CT molecular complexity index is 1200. The van der Waals surface area contributed by atoms with Gasteiger partial charge in [0.25, 0.3) is 10.0 Å². The van der Waals surface area contributed by atoms with Crippen molar-refractivity contribution in [3.63, 3.8) is 0 Å². The number of para-hydroxylation sites is 1. The van der Waals surface area contributed by atoms with Crippen LogP contribution in [0.1, 0.15) is 0 Å².